The standard InChI is InChI=1S/C17H16O3/c1-11-6-12(2)8-13(7-11)9-16(17(19)20)14-4-3-5-15(18)10-14/h3-10,18H,1-2H3,(H,19,20)/b16-9+. The average Bonchev–Trinajstić information content (AvgIpc) is 2.34. The number of aryl methyl sites for hydroxylation is 2. The van der Waals surface area contributed by atoms with Gasteiger partial charge in [-0.2, -0.15) is 0 Å². The normalized spacial score (nSPS) is 11.4. The van der Waals surface area contributed by atoms with Crippen LogP contribution in [0.25, 0.3) is 11.6 Å². The monoisotopic (exact) mass is 268 g/mol. The molecule has 0 amide bonds. The first-order chi connectivity index (χ1) is 9.45. The molecule has 2 aromatic carbocycles. The van der Waals surface area contributed by atoms with Gasteiger partial charge in [-0.3, -0.25) is 0 Å². The highest BCUT2D eigenvalue weighted by atomic mass is 16.4. The molecular formula is C17H16O3. The van der Waals surface area contributed by atoms with Crippen molar-refractivity contribution in [1.82, 2.24) is 0 Å². The highest BCUT2D eigenvalue weighted by molar-refractivity contribution is 6.20. The number of hydrogen-bond acceptors (Lipinski definition) is 2. The third kappa shape index (κ3) is 3.26. The van der Waals surface area contributed by atoms with Crippen LogP contribution in [0.15, 0.2) is 42.5 Å². The molecule has 2 rings (SSSR count). The third-order valence-electron chi connectivity index (χ3n) is 2.94. The number of rotatable bonds is 3. The molecule has 102 valence electrons. The Morgan fingerprint density at radius 2 is 1.70 bits per heavy atom. The molecule has 0 unspecified atom stereocenters. The molecule has 0 heterocycles. The lowest BCUT2D eigenvalue weighted by atomic mass is 10.0. The topological polar surface area (TPSA) is 57.5 Å². The maximum atomic E-state index is 11.4. The van der Waals surface area contributed by atoms with E-state index in [1.165, 1.54) is 12.1 Å². The summed E-state index contributed by atoms with van der Waals surface area (Å²) in [5.41, 5.74) is 3.64. The number of phenols is 1. The lowest BCUT2D eigenvalue weighted by Crippen LogP contribution is -1.99. The zero-order valence-electron chi connectivity index (χ0n) is 11.4. The van der Waals surface area contributed by atoms with Gasteiger partial charge in [-0.1, -0.05) is 41.5 Å². The van der Waals surface area contributed by atoms with Gasteiger partial charge in [0.05, 0.1) is 5.57 Å². The van der Waals surface area contributed by atoms with Gasteiger partial charge in [0.1, 0.15) is 5.75 Å². The number of carbonyl (C=O) groups is 1. The Morgan fingerprint density at radius 1 is 1.05 bits per heavy atom. The summed E-state index contributed by atoms with van der Waals surface area (Å²) in [6, 6.07) is 12.2. The van der Waals surface area contributed by atoms with E-state index in [0.717, 1.165) is 16.7 Å². The second-order valence-electron chi connectivity index (χ2n) is 4.83. The van der Waals surface area contributed by atoms with Gasteiger partial charge in [-0.15, -0.1) is 0 Å². The van der Waals surface area contributed by atoms with Gasteiger partial charge < -0.3 is 10.2 Å². The zero-order chi connectivity index (χ0) is 14.7. The summed E-state index contributed by atoms with van der Waals surface area (Å²) >= 11 is 0. The van der Waals surface area contributed by atoms with E-state index in [4.69, 9.17) is 0 Å². The van der Waals surface area contributed by atoms with E-state index in [1.807, 2.05) is 32.0 Å². The highest BCUT2D eigenvalue weighted by Gasteiger charge is 2.11. The first kappa shape index (κ1) is 13.9. The summed E-state index contributed by atoms with van der Waals surface area (Å²) in [5, 5.41) is 18.8. The first-order valence-electron chi connectivity index (χ1n) is 6.28. The minimum absolute atomic E-state index is 0.0510. The molecule has 20 heavy (non-hydrogen) atoms. The highest BCUT2D eigenvalue weighted by Crippen LogP contribution is 2.23. The van der Waals surface area contributed by atoms with E-state index < -0.39 is 5.97 Å². The van der Waals surface area contributed by atoms with Gasteiger partial charge in [0.2, 0.25) is 0 Å². The number of benzene rings is 2. The summed E-state index contributed by atoms with van der Waals surface area (Å²) < 4.78 is 0. The van der Waals surface area contributed by atoms with E-state index in [-0.39, 0.29) is 11.3 Å². The van der Waals surface area contributed by atoms with Crippen molar-refractivity contribution in [3.63, 3.8) is 0 Å². The molecule has 0 aliphatic heterocycles. The van der Waals surface area contributed by atoms with Crippen molar-refractivity contribution in [3.05, 3.63) is 64.7 Å². The summed E-state index contributed by atoms with van der Waals surface area (Å²) in [5.74, 6) is -0.968. The molecule has 0 saturated carbocycles. The van der Waals surface area contributed by atoms with E-state index in [2.05, 4.69) is 0 Å². The minimum atomic E-state index is -1.02. The molecular weight excluding hydrogens is 252 g/mol. The Labute approximate surface area is 117 Å². The van der Waals surface area contributed by atoms with Crippen LogP contribution in [0.1, 0.15) is 22.3 Å². The van der Waals surface area contributed by atoms with Gasteiger partial charge in [0.25, 0.3) is 0 Å². The van der Waals surface area contributed by atoms with Gasteiger partial charge in [-0.25, -0.2) is 4.79 Å². The number of carboxylic acid groups (broad SMARTS) is 1. The van der Waals surface area contributed by atoms with Gasteiger partial charge >= 0.3 is 5.97 Å². The maximum absolute atomic E-state index is 11.4. The Morgan fingerprint density at radius 3 is 2.25 bits per heavy atom. The Balaban J connectivity index is 2.53. The molecule has 2 N–H and O–H groups in total. The largest absolute Gasteiger partial charge is 0.508 e. The maximum Gasteiger partial charge on any atom is 0.336 e. The van der Waals surface area contributed by atoms with Crippen LogP contribution in [0.2, 0.25) is 0 Å². The predicted molar refractivity (Wildman–Crippen MR) is 79.5 cm³/mol. The van der Waals surface area contributed by atoms with Crippen molar-refractivity contribution in [2.45, 2.75) is 13.8 Å². The third-order valence-corrected chi connectivity index (χ3v) is 2.94. The van der Waals surface area contributed by atoms with Crippen LogP contribution in [-0.2, 0) is 4.79 Å². The average molecular weight is 268 g/mol. The summed E-state index contributed by atoms with van der Waals surface area (Å²) in [6.45, 7) is 3.94. The number of carboxylic acids is 1. The lowest BCUT2D eigenvalue weighted by molar-refractivity contribution is -0.130. The number of aromatic hydroxyl groups is 1. The van der Waals surface area contributed by atoms with E-state index in [9.17, 15) is 15.0 Å². The van der Waals surface area contributed by atoms with Gasteiger partial charge in [-0.05, 0) is 43.2 Å². The molecule has 2 aromatic rings. The van der Waals surface area contributed by atoms with Crippen molar-refractivity contribution < 1.29 is 15.0 Å². The molecule has 0 aliphatic rings. The van der Waals surface area contributed by atoms with Crippen LogP contribution in [0.4, 0.5) is 0 Å². The van der Waals surface area contributed by atoms with E-state index in [0.29, 0.717) is 5.56 Å². The van der Waals surface area contributed by atoms with Crippen LogP contribution >= 0.6 is 0 Å². The fraction of sp³-hybridized carbons (Fsp3) is 0.118. The molecule has 3 nitrogen and oxygen atoms in total. The summed E-state index contributed by atoms with van der Waals surface area (Å²) in [6.07, 6.45) is 1.62. The molecule has 0 fully saturated rings. The van der Waals surface area contributed by atoms with Crippen LogP contribution in [0.3, 0.4) is 0 Å². The van der Waals surface area contributed by atoms with Crippen molar-refractivity contribution in [3.8, 4) is 5.75 Å². The van der Waals surface area contributed by atoms with Crippen LogP contribution in [-0.4, -0.2) is 16.2 Å². The molecule has 0 atom stereocenters. The van der Waals surface area contributed by atoms with Crippen molar-refractivity contribution in [1.29, 1.82) is 0 Å². The van der Waals surface area contributed by atoms with Crippen molar-refractivity contribution in [2.24, 2.45) is 0 Å². The van der Waals surface area contributed by atoms with Gasteiger partial charge in [0.15, 0.2) is 0 Å². The Hall–Kier alpha value is -2.55. The smallest absolute Gasteiger partial charge is 0.336 e. The van der Waals surface area contributed by atoms with Crippen molar-refractivity contribution >= 4 is 17.6 Å². The fourth-order valence-corrected chi connectivity index (χ4v) is 2.20. The second-order valence-corrected chi connectivity index (χ2v) is 4.83. The molecule has 0 spiro atoms. The predicted octanol–water partition coefficient (Wildman–Crippen LogP) is 3.63. The second kappa shape index (κ2) is 5.61. The van der Waals surface area contributed by atoms with E-state index in [1.54, 1.807) is 18.2 Å². The Bertz CT molecular complexity index is 664. The number of aliphatic carboxylic acids is 1. The Kier molecular flexibility index (Phi) is 3.89. The minimum Gasteiger partial charge on any atom is -0.508 e. The molecule has 0 saturated heterocycles. The van der Waals surface area contributed by atoms with Crippen LogP contribution < -0.4 is 0 Å². The molecule has 0 aromatic heterocycles. The molecule has 3 heteroatoms. The molecule has 0 aliphatic carbocycles. The lowest BCUT2D eigenvalue weighted by Gasteiger charge is -2.05. The van der Waals surface area contributed by atoms with Crippen LogP contribution in [0.5, 0.6) is 5.75 Å². The summed E-state index contributed by atoms with van der Waals surface area (Å²) in [7, 11) is 0. The SMILES string of the molecule is Cc1cc(C)cc(/C=C(/C(=O)O)c2cccc(O)c2)c1. The first-order valence-corrected chi connectivity index (χ1v) is 6.28. The molecule has 0 bridgehead atoms. The fourth-order valence-electron chi connectivity index (χ4n) is 2.20. The molecule has 0 radical (unpaired) electrons. The van der Waals surface area contributed by atoms with Crippen LogP contribution in [0, 0.1) is 13.8 Å². The van der Waals surface area contributed by atoms with Crippen molar-refractivity contribution in [2.75, 3.05) is 0 Å². The zero-order valence-corrected chi connectivity index (χ0v) is 11.4. The number of phenolic OH excluding ortho intramolecular Hbond substituents is 1. The van der Waals surface area contributed by atoms with E-state index >= 15 is 0 Å². The summed E-state index contributed by atoms with van der Waals surface area (Å²) in [4.78, 5) is 11.4. The number of hydrogen-bond donors (Lipinski definition) is 2. The quantitative estimate of drug-likeness (QED) is 0.660. The van der Waals surface area contributed by atoms with Gasteiger partial charge in [0, 0.05) is 0 Å².